The van der Waals surface area contributed by atoms with Crippen molar-refractivity contribution in [1.82, 2.24) is 19.8 Å². The van der Waals surface area contributed by atoms with Crippen molar-refractivity contribution in [2.45, 2.75) is 148 Å². The van der Waals surface area contributed by atoms with Crippen LogP contribution < -0.4 is 0 Å². The number of carbonyl (C=O) groups is 4. The predicted octanol–water partition coefficient (Wildman–Crippen LogP) is 5.73. The number of ketones is 2. The van der Waals surface area contributed by atoms with E-state index in [1.807, 2.05) is 63.3 Å². The molecule has 2 aromatic heterocycles. The first kappa shape index (κ1) is 45.7. The number of hydrogen-bond donors (Lipinski definition) is 1. The Balaban J connectivity index is 1.43. The van der Waals surface area contributed by atoms with Gasteiger partial charge < -0.3 is 38.6 Å². The molecule has 5 heterocycles. The van der Waals surface area contributed by atoms with Gasteiger partial charge in [0.05, 0.1) is 35.2 Å². The number of aryl methyl sites for hydroxylation is 1. The van der Waals surface area contributed by atoms with Gasteiger partial charge >= 0.3 is 12.1 Å². The summed E-state index contributed by atoms with van der Waals surface area (Å²) in [7, 11) is 5.24. The van der Waals surface area contributed by atoms with E-state index in [9.17, 15) is 24.3 Å². The van der Waals surface area contributed by atoms with Crippen LogP contribution in [0.5, 0.6) is 0 Å². The molecule has 0 radical (unpaired) electrons. The summed E-state index contributed by atoms with van der Waals surface area (Å²) in [6, 6.07) is 4.65. The van der Waals surface area contributed by atoms with E-state index in [0.29, 0.717) is 25.8 Å². The van der Waals surface area contributed by atoms with E-state index in [2.05, 4.69) is 4.98 Å². The van der Waals surface area contributed by atoms with Crippen molar-refractivity contribution in [3.05, 3.63) is 35.5 Å². The van der Waals surface area contributed by atoms with Gasteiger partial charge in [-0.05, 0) is 92.4 Å². The Labute approximate surface area is 347 Å². The molecule has 2 aromatic rings. The van der Waals surface area contributed by atoms with E-state index < -0.39 is 83.4 Å². The second-order valence-electron chi connectivity index (χ2n) is 17.2. The molecule has 3 aliphatic rings. The summed E-state index contributed by atoms with van der Waals surface area (Å²) < 4.78 is 31.2. The minimum absolute atomic E-state index is 0.132. The Kier molecular flexibility index (Phi) is 14.9. The number of pyridine rings is 1. The summed E-state index contributed by atoms with van der Waals surface area (Å²) in [5.41, 5.74) is -0.910. The number of Topliss-reactive ketones (excluding diaryl/α,β-unsaturated/α-hetero) is 2. The number of aromatic nitrogens is 2. The van der Waals surface area contributed by atoms with Crippen LogP contribution in [0.3, 0.4) is 0 Å². The number of rotatable bonds is 11. The number of esters is 1. The number of aliphatic hydroxyl groups is 1. The van der Waals surface area contributed by atoms with Crippen LogP contribution in [0.25, 0.3) is 10.7 Å². The molecule has 322 valence electrons. The lowest BCUT2D eigenvalue weighted by atomic mass is 9.73. The maximum atomic E-state index is 14.7. The van der Waals surface area contributed by atoms with Gasteiger partial charge in [-0.1, -0.05) is 33.8 Å². The van der Waals surface area contributed by atoms with E-state index in [-0.39, 0.29) is 30.8 Å². The first-order valence-electron chi connectivity index (χ1n) is 20.7. The number of likely N-dealkylation sites (N-methyl/N-ethyl adjacent to an activating group) is 1. The van der Waals surface area contributed by atoms with Gasteiger partial charge in [-0.3, -0.25) is 19.4 Å². The van der Waals surface area contributed by atoms with Gasteiger partial charge in [0.2, 0.25) is 0 Å². The monoisotopic (exact) mass is 828 g/mol. The average Bonchev–Trinajstić information content (AvgIpc) is 3.78. The minimum atomic E-state index is -1.40. The van der Waals surface area contributed by atoms with E-state index in [1.54, 1.807) is 38.8 Å². The van der Waals surface area contributed by atoms with Crippen molar-refractivity contribution in [1.29, 1.82) is 0 Å². The molecular formula is C43H64N4O10S. The number of thiazole rings is 1. The van der Waals surface area contributed by atoms with E-state index in [0.717, 1.165) is 22.8 Å². The highest BCUT2D eigenvalue weighted by molar-refractivity contribution is 7.13. The highest BCUT2D eigenvalue weighted by Crippen LogP contribution is 2.43. The lowest BCUT2D eigenvalue weighted by molar-refractivity contribution is -0.295. The Morgan fingerprint density at radius 2 is 1.76 bits per heavy atom. The molecular weight excluding hydrogens is 765 g/mol. The van der Waals surface area contributed by atoms with Crippen LogP contribution in [0.4, 0.5) is 4.79 Å². The van der Waals surface area contributed by atoms with Crippen molar-refractivity contribution >= 4 is 35.0 Å². The van der Waals surface area contributed by atoms with Crippen LogP contribution in [0, 0.1) is 23.7 Å². The van der Waals surface area contributed by atoms with Gasteiger partial charge in [0.15, 0.2) is 17.7 Å². The first-order chi connectivity index (χ1) is 27.4. The smallest absolute Gasteiger partial charge is 0.410 e. The Morgan fingerprint density at radius 1 is 1.03 bits per heavy atom. The Morgan fingerprint density at radius 3 is 2.40 bits per heavy atom. The van der Waals surface area contributed by atoms with Gasteiger partial charge in [-0.2, -0.15) is 0 Å². The third kappa shape index (κ3) is 9.49. The minimum Gasteiger partial charge on any atom is -0.458 e. The zero-order chi connectivity index (χ0) is 42.7. The molecule has 5 rings (SSSR count). The third-order valence-corrected chi connectivity index (χ3v) is 13.6. The molecule has 58 heavy (non-hydrogen) atoms. The number of amides is 1. The van der Waals surface area contributed by atoms with Crippen LogP contribution in [0.2, 0.25) is 0 Å². The van der Waals surface area contributed by atoms with Crippen LogP contribution in [-0.2, 0) is 44.5 Å². The number of fused-ring (bicyclic) bond motifs is 1. The summed E-state index contributed by atoms with van der Waals surface area (Å²) >= 11 is 1.54. The summed E-state index contributed by atoms with van der Waals surface area (Å²) in [4.78, 5) is 69.5. The van der Waals surface area contributed by atoms with Gasteiger partial charge in [-0.25, -0.2) is 9.78 Å². The largest absolute Gasteiger partial charge is 0.458 e. The normalized spacial score (nSPS) is 36.7. The molecule has 0 aliphatic carbocycles. The Hall–Kier alpha value is -3.34. The molecule has 13 atom stereocenters. The quantitative estimate of drug-likeness (QED) is 0.166. The lowest BCUT2D eigenvalue weighted by Gasteiger charge is -2.47. The molecule has 0 unspecified atom stereocenters. The predicted molar refractivity (Wildman–Crippen MR) is 218 cm³/mol. The number of ether oxygens (including phenoxy) is 5. The standard InChI is InChI=1S/C43H64N4O10S/c1-12-32-43(8)36(47(41(52)57-43)20-16-14-17-29-23-58-38(45-29)30-18-13-15-19-44-30)26(4)33(48)24(2)22-42(7,53-11)37(27(5)34(49)28(6)39(51)55-32)56-40-35(50)31(46(9)10)21-25(3)54-40/h13,15,18-19,23-28,31-32,35-37,40,50H,12,14,16-17,20-22H2,1-11H3/t24-,25+,26-,27+,28-,31-,32-,35+,36-,37-,40-,42-,43-/m1/s1. The lowest BCUT2D eigenvalue weighted by Crippen LogP contribution is -2.60. The van der Waals surface area contributed by atoms with E-state index in [4.69, 9.17) is 28.7 Å². The van der Waals surface area contributed by atoms with Crippen molar-refractivity contribution in [3.63, 3.8) is 0 Å². The van der Waals surface area contributed by atoms with Crippen molar-refractivity contribution in [3.8, 4) is 10.7 Å². The SMILES string of the molecule is CC[C@H]1OC(=O)[C@H](C)C(=O)[C@H](C)[C@@H](O[C@H]2O[C@@H](C)C[C@@H](N(C)C)[C@@H]2O)[C@](C)(OC)C[C@@H](C)C(=O)[C@@H](C)[C@H]2N(CCCCc3csc(-c4ccccn4)n3)C(=O)O[C@]12C. The van der Waals surface area contributed by atoms with E-state index in [1.165, 1.54) is 25.4 Å². The van der Waals surface area contributed by atoms with Gasteiger partial charge in [0.25, 0.3) is 0 Å². The second kappa shape index (κ2) is 18.9. The molecule has 3 fully saturated rings. The number of methoxy groups -OCH3 is 1. The average molecular weight is 829 g/mol. The number of cyclic esters (lactones) is 1. The summed E-state index contributed by atoms with van der Waals surface area (Å²) in [6.45, 7) is 14.3. The fraction of sp³-hybridized carbons (Fsp3) is 0.721. The highest BCUT2D eigenvalue weighted by atomic mass is 32.1. The molecule has 1 amide bonds. The molecule has 0 aromatic carbocycles. The maximum absolute atomic E-state index is 14.7. The van der Waals surface area contributed by atoms with Gasteiger partial charge in [0, 0.05) is 49.0 Å². The number of unbranched alkanes of at least 4 members (excludes halogenated alkanes) is 1. The third-order valence-electron chi connectivity index (χ3n) is 12.7. The summed E-state index contributed by atoms with van der Waals surface area (Å²) in [6.07, 6.45) is -0.275. The van der Waals surface area contributed by atoms with Crippen LogP contribution in [0.15, 0.2) is 29.8 Å². The fourth-order valence-electron chi connectivity index (χ4n) is 9.33. The highest BCUT2D eigenvalue weighted by Gasteiger charge is 2.60. The van der Waals surface area contributed by atoms with Crippen LogP contribution in [0.1, 0.15) is 93.2 Å². The molecule has 0 saturated carbocycles. The van der Waals surface area contributed by atoms with Crippen LogP contribution >= 0.6 is 11.3 Å². The molecule has 0 spiro atoms. The number of carbonyl (C=O) groups excluding carboxylic acids is 4. The Bertz CT molecular complexity index is 1740. The number of nitrogens with zero attached hydrogens (tertiary/aromatic N) is 4. The molecule has 0 bridgehead atoms. The number of hydrogen-bond acceptors (Lipinski definition) is 14. The van der Waals surface area contributed by atoms with E-state index >= 15 is 0 Å². The van der Waals surface area contributed by atoms with Gasteiger partial charge in [0.1, 0.15) is 28.9 Å². The van der Waals surface area contributed by atoms with Gasteiger partial charge in [-0.15, -0.1) is 11.3 Å². The van der Waals surface area contributed by atoms with Crippen molar-refractivity contribution < 1.29 is 48.0 Å². The molecule has 15 heteroatoms. The summed E-state index contributed by atoms with van der Waals surface area (Å²) in [5, 5.41) is 14.3. The van der Waals surface area contributed by atoms with Crippen molar-refractivity contribution in [2.24, 2.45) is 23.7 Å². The first-order valence-corrected chi connectivity index (χ1v) is 21.6. The van der Waals surface area contributed by atoms with Crippen LogP contribution in [-0.4, -0.2) is 130 Å². The number of aliphatic hydroxyl groups excluding tert-OH is 1. The molecule has 3 aliphatic heterocycles. The molecule has 14 nitrogen and oxygen atoms in total. The van der Waals surface area contributed by atoms with Crippen molar-refractivity contribution in [2.75, 3.05) is 27.7 Å². The maximum Gasteiger partial charge on any atom is 0.410 e. The zero-order valence-electron chi connectivity index (χ0n) is 36.0. The molecule has 3 saturated heterocycles. The topological polar surface area (TPSA) is 167 Å². The molecule has 1 N–H and O–H groups in total. The fourth-order valence-corrected chi connectivity index (χ4v) is 10.2. The summed E-state index contributed by atoms with van der Waals surface area (Å²) in [5.74, 6) is -4.93. The zero-order valence-corrected chi connectivity index (χ0v) is 36.8. The second-order valence-corrected chi connectivity index (χ2v) is 18.1.